The SMILES string of the molecule is COC(=O)CC(NC(=O)c1cccc(NC(C)=O)c1)c1ccc(OC)c(OC)c1. The maximum Gasteiger partial charge on any atom is 0.307 e. The molecule has 0 radical (unpaired) electrons. The van der Waals surface area contributed by atoms with E-state index in [1.807, 2.05) is 0 Å². The fourth-order valence-corrected chi connectivity index (χ4v) is 2.75. The van der Waals surface area contributed by atoms with Crippen molar-refractivity contribution in [3.05, 3.63) is 53.6 Å². The molecule has 0 heterocycles. The molecule has 1 unspecified atom stereocenters. The molecule has 2 aromatic rings. The fourth-order valence-electron chi connectivity index (χ4n) is 2.75. The summed E-state index contributed by atoms with van der Waals surface area (Å²) in [5.74, 6) is -0.112. The van der Waals surface area contributed by atoms with Crippen LogP contribution in [-0.2, 0) is 14.3 Å². The van der Waals surface area contributed by atoms with E-state index in [1.54, 1.807) is 42.5 Å². The van der Waals surface area contributed by atoms with Gasteiger partial charge >= 0.3 is 5.97 Å². The summed E-state index contributed by atoms with van der Waals surface area (Å²) in [4.78, 5) is 35.9. The molecule has 2 amide bonds. The van der Waals surface area contributed by atoms with Crippen molar-refractivity contribution in [3.63, 3.8) is 0 Å². The molecule has 0 fully saturated rings. The zero-order valence-electron chi connectivity index (χ0n) is 16.8. The van der Waals surface area contributed by atoms with Crippen molar-refractivity contribution >= 4 is 23.5 Å². The predicted octanol–water partition coefficient (Wildman–Crippen LogP) is 2.70. The van der Waals surface area contributed by atoms with Gasteiger partial charge in [-0.05, 0) is 35.9 Å². The van der Waals surface area contributed by atoms with Gasteiger partial charge in [-0.2, -0.15) is 0 Å². The maximum absolute atomic E-state index is 12.8. The Morgan fingerprint density at radius 2 is 1.69 bits per heavy atom. The number of ether oxygens (including phenoxy) is 3. The summed E-state index contributed by atoms with van der Waals surface area (Å²) in [5, 5.41) is 5.47. The van der Waals surface area contributed by atoms with E-state index >= 15 is 0 Å². The van der Waals surface area contributed by atoms with E-state index in [4.69, 9.17) is 14.2 Å². The average Bonchev–Trinajstić information content (AvgIpc) is 2.72. The smallest absolute Gasteiger partial charge is 0.307 e. The molecule has 1 atom stereocenters. The molecule has 2 N–H and O–H groups in total. The summed E-state index contributed by atoms with van der Waals surface area (Å²) in [6, 6.07) is 11.0. The van der Waals surface area contributed by atoms with E-state index in [0.29, 0.717) is 28.3 Å². The van der Waals surface area contributed by atoms with Gasteiger partial charge in [0.15, 0.2) is 11.5 Å². The Morgan fingerprint density at radius 3 is 2.31 bits per heavy atom. The number of hydrogen-bond acceptors (Lipinski definition) is 6. The van der Waals surface area contributed by atoms with Crippen molar-refractivity contribution in [2.75, 3.05) is 26.6 Å². The van der Waals surface area contributed by atoms with E-state index < -0.39 is 17.9 Å². The second-order valence-corrected chi connectivity index (χ2v) is 6.18. The van der Waals surface area contributed by atoms with Crippen LogP contribution < -0.4 is 20.1 Å². The Hall–Kier alpha value is -3.55. The third-order valence-electron chi connectivity index (χ3n) is 4.16. The van der Waals surface area contributed by atoms with Crippen LogP contribution in [0.2, 0.25) is 0 Å². The molecule has 2 aromatic carbocycles. The second-order valence-electron chi connectivity index (χ2n) is 6.18. The molecular weight excluding hydrogens is 376 g/mol. The predicted molar refractivity (Wildman–Crippen MR) is 107 cm³/mol. The molecule has 0 aromatic heterocycles. The third kappa shape index (κ3) is 5.97. The van der Waals surface area contributed by atoms with Crippen molar-refractivity contribution < 1.29 is 28.6 Å². The summed E-state index contributed by atoms with van der Waals surface area (Å²) in [5.41, 5.74) is 1.49. The number of nitrogens with one attached hydrogen (secondary N) is 2. The third-order valence-corrected chi connectivity index (χ3v) is 4.16. The molecule has 0 saturated carbocycles. The highest BCUT2D eigenvalue weighted by atomic mass is 16.5. The van der Waals surface area contributed by atoms with Gasteiger partial charge in [-0.3, -0.25) is 14.4 Å². The molecule has 0 spiro atoms. The van der Waals surface area contributed by atoms with Crippen LogP contribution in [0.25, 0.3) is 0 Å². The number of anilines is 1. The lowest BCUT2D eigenvalue weighted by Crippen LogP contribution is -2.30. The van der Waals surface area contributed by atoms with Crippen LogP contribution in [0.5, 0.6) is 11.5 Å². The van der Waals surface area contributed by atoms with Crippen LogP contribution in [0.15, 0.2) is 42.5 Å². The zero-order valence-corrected chi connectivity index (χ0v) is 16.8. The number of esters is 1. The highest BCUT2D eigenvalue weighted by Crippen LogP contribution is 2.31. The summed E-state index contributed by atoms with van der Waals surface area (Å²) >= 11 is 0. The molecule has 0 bridgehead atoms. The van der Waals surface area contributed by atoms with Gasteiger partial charge in [0.25, 0.3) is 5.91 Å². The second kappa shape index (κ2) is 10.1. The largest absolute Gasteiger partial charge is 0.493 e. The molecular formula is C21H24N2O6. The quantitative estimate of drug-likeness (QED) is 0.661. The lowest BCUT2D eigenvalue weighted by molar-refractivity contribution is -0.141. The topological polar surface area (TPSA) is 103 Å². The molecule has 8 nitrogen and oxygen atoms in total. The Labute approximate surface area is 169 Å². The van der Waals surface area contributed by atoms with Crippen molar-refractivity contribution in [2.45, 2.75) is 19.4 Å². The first-order valence-electron chi connectivity index (χ1n) is 8.85. The van der Waals surface area contributed by atoms with Gasteiger partial charge in [-0.25, -0.2) is 0 Å². The first-order chi connectivity index (χ1) is 13.9. The maximum atomic E-state index is 12.8. The van der Waals surface area contributed by atoms with Crippen LogP contribution in [0.1, 0.15) is 35.3 Å². The Bertz CT molecular complexity index is 896. The van der Waals surface area contributed by atoms with Crippen LogP contribution >= 0.6 is 0 Å². The minimum absolute atomic E-state index is 0.0664. The highest BCUT2D eigenvalue weighted by molar-refractivity contribution is 5.97. The molecule has 0 aliphatic heterocycles. The van der Waals surface area contributed by atoms with Crippen molar-refractivity contribution in [3.8, 4) is 11.5 Å². The number of carbonyl (C=O) groups excluding carboxylic acids is 3. The number of amides is 2. The van der Waals surface area contributed by atoms with Gasteiger partial charge in [-0.1, -0.05) is 12.1 Å². The summed E-state index contributed by atoms with van der Waals surface area (Å²) in [7, 11) is 4.31. The minimum atomic E-state index is -0.654. The molecule has 0 saturated heterocycles. The lowest BCUT2D eigenvalue weighted by atomic mass is 10.0. The molecule has 8 heteroatoms. The standard InChI is InChI=1S/C21H24N2O6/c1-13(24)22-16-7-5-6-15(10-16)21(26)23-17(12-20(25)29-4)14-8-9-18(27-2)19(11-14)28-3/h5-11,17H,12H2,1-4H3,(H,22,24)(H,23,26). The number of benzene rings is 2. The van der Waals surface area contributed by atoms with Gasteiger partial charge in [-0.15, -0.1) is 0 Å². The zero-order chi connectivity index (χ0) is 21.4. The highest BCUT2D eigenvalue weighted by Gasteiger charge is 2.21. The van der Waals surface area contributed by atoms with Crippen LogP contribution in [0, 0.1) is 0 Å². The Morgan fingerprint density at radius 1 is 0.966 bits per heavy atom. The Kier molecular flexibility index (Phi) is 7.59. The van der Waals surface area contributed by atoms with Crippen molar-refractivity contribution in [2.24, 2.45) is 0 Å². The van der Waals surface area contributed by atoms with E-state index in [1.165, 1.54) is 28.3 Å². The van der Waals surface area contributed by atoms with E-state index in [2.05, 4.69) is 10.6 Å². The van der Waals surface area contributed by atoms with Gasteiger partial charge in [0, 0.05) is 18.2 Å². The summed E-state index contributed by atoms with van der Waals surface area (Å²) < 4.78 is 15.3. The molecule has 154 valence electrons. The van der Waals surface area contributed by atoms with E-state index in [9.17, 15) is 14.4 Å². The number of carbonyl (C=O) groups is 3. The molecule has 0 aliphatic carbocycles. The number of hydrogen-bond donors (Lipinski definition) is 2. The van der Waals surface area contributed by atoms with Gasteiger partial charge < -0.3 is 24.8 Å². The number of rotatable bonds is 8. The van der Waals surface area contributed by atoms with E-state index in [0.717, 1.165) is 0 Å². The number of methoxy groups -OCH3 is 3. The van der Waals surface area contributed by atoms with Crippen molar-refractivity contribution in [1.29, 1.82) is 0 Å². The first-order valence-corrected chi connectivity index (χ1v) is 8.85. The molecule has 0 aliphatic rings. The normalized spacial score (nSPS) is 11.2. The molecule has 2 rings (SSSR count). The average molecular weight is 400 g/mol. The molecule has 29 heavy (non-hydrogen) atoms. The van der Waals surface area contributed by atoms with Crippen LogP contribution in [-0.4, -0.2) is 39.1 Å². The Balaban J connectivity index is 2.30. The monoisotopic (exact) mass is 400 g/mol. The summed E-state index contributed by atoms with van der Waals surface area (Å²) in [6.07, 6.45) is -0.0664. The minimum Gasteiger partial charge on any atom is -0.493 e. The van der Waals surface area contributed by atoms with Gasteiger partial charge in [0.05, 0.1) is 33.8 Å². The van der Waals surface area contributed by atoms with Gasteiger partial charge in [0.2, 0.25) is 5.91 Å². The summed E-state index contributed by atoms with van der Waals surface area (Å²) in [6.45, 7) is 1.39. The first kappa shape index (κ1) is 21.7. The lowest BCUT2D eigenvalue weighted by Gasteiger charge is -2.20. The van der Waals surface area contributed by atoms with Gasteiger partial charge in [0.1, 0.15) is 0 Å². The van der Waals surface area contributed by atoms with Crippen molar-refractivity contribution in [1.82, 2.24) is 5.32 Å². The van der Waals surface area contributed by atoms with Crippen LogP contribution in [0.4, 0.5) is 5.69 Å². The van der Waals surface area contributed by atoms with E-state index in [-0.39, 0.29) is 12.3 Å². The van der Waals surface area contributed by atoms with Crippen LogP contribution in [0.3, 0.4) is 0 Å². The fraction of sp³-hybridized carbons (Fsp3) is 0.286.